The van der Waals surface area contributed by atoms with Crippen LogP contribution in [0.15, 0.2) is 22.7 Å². The fourth-order valence-corrected chi connectivity index (χ4v) is 3.05. The Labute approximate surface area is 111 Å². The molecular weight excluding hydrogens is 286 g/mol. The van der Waals surface area contributed by atoms with E-state index in [0.29, 0.717) is 12.0 Å². The van der Waals surface area contributed by atoms with Crippen molar-refractivity contribution in [3.05, 3.63) is 33.3 Å². The van der Waals surface area contributed by atoms with Crippen molar-refractivity contribution in [2.45, 2.75) is 38.1 Å². The molecule has 1 aromatic rings. The van der Waals surface area contributed by atoms with E-state index in [9.17, 15) is 0 Å². The van der Waals surface area contributed by atoms with Crippen LogP contribution in [0.2, 0.25) is 5.02 Å². The molecule has 1 aliphatic carbocycles. The van der Waals surface area contributed by atoms with Crippen LogP contribution in [0.3, 0.4) is 0 Å². The predicted molar refractivity (Wildman–Crippen MR) is 73.2 cm³/mol. The fraction of sp³-hybridized carbons (Fsp3) is 0.538. The van der Waals surface area contributed by atoms with E-state index in [1.54, 1.807) is 0 Å². The number of halogens is 2. The number of benzene rings is 1. The summed E-state index contributed by atoms with van der Waals surface area (Å²) < 4.78 is 1.06. The van der Waals surface area contributed by atoms with Crippen LogP contribution < -0.4 is 5.32 Å². The number of nitrogens with one attached hydrogen (secondary N) is 1. The van der Waals surface area contributed by atoms with Crippen molar-refractivity contribution in [2.24, 2.45) is 0 Å². The first-order chi connectivity index (χ1) is 7.70. The molecule has 1 nitrogen and oxygen atoms in total. The topological polar surface area (TPSA) is 12.0 Å². The Kier molecular flexibility index (Phi) is 4.28. The van der Waals surface area contributed by atoms with Gasteiger partial charge >= 0.3 is 0 Å². The minimum absolute atomic E-state index is 0.648. The third-order valence-electron chi connectivity index (χ3n) is 3.22. The monoisotopic (exact) mass is 301 g/mol. The van der Waals surface area contributed by atoms with Gasteiger partial charge in [-0.1, -0.05) is 40.5 Å². The van der Waals surface area contributed by atoms with Gasteiger partial charge in [0.2, 0.25) is 0 Å². The lowest BCUT2D eigenvalue weighted by atomic mass is 9.76. The molecule has 1 aromatic carbocycles. The second-order valence-electron chi connectivity index (χ2n) is 4.49. The maximum Gasteiger partial charge on any atom is 0.0452 e. The largest absolute Gasteiger partial charge is 0.314 e. The van der Waals surface area contributed by atoms with Gasteiger partial charge in [-0.2, -0.15) is 0 Å². The first-order valence-electron chi connectivity index (χ1n) is 5.89. The quantitative estimate of drug-likeness (QED) is 0.872. The standard InChI is InChI=1S/C13H17BrClN/c1-2-5-16-11-6-9(7-11)12-4-3-10(14)8-13(12)15/h3-4,8-9,11,16H,2,5-7H2,1H3. The van der Waals surface area contributed by atoms with E-state index in [1.165, 1.54) is 24.8 Å². The Balaban J connectivity index is 1.91. The maximum atomic E-state index is 6.24. The number of hydrogen-bond acceptors (Lipinski definition) is 1. The second-order valence-corrected chi connectivity index (χ2v) is 5.81. The van der Waals surface area contributed by atoms with Crippen LogP contribution in [0.25, 0.3) is 0 Å². The minimum Gasteiger partial charge on any atom is -0.314 e. The summed E-state index contributed by atoms with van der Waals surface area (Å²) in [5, 5.41) is 4.44. The summed E-state index contributed by atoms with van der Waals surface area (Å²) in [4.78, 5) is 0. The van der Waals surface area contributed by atoms with Crippen molar-refractivity contribution in [1.29, 1.82) is 0 Å². The highest BCUT2D eigenvalue weighted by Gasteiger charge is 2.30. The molecule has 1 saturated carbocycles. The van der Waals surface area contributed by atoms with Gasteiger partial charge in [-0.3, -0.25) is 0 Å². The molecule has 0 spiro atoms. The summed E-state index contributed by atoms with van der Waals surface area (Å²) in [5.41, 5.74) is 1.31. The summed E-state index contributed by atoms with van der Waals surface area (Å²) in [6.07, 6.45) is 3.66. The van der Waals surface area contributed by atoms with Crippen LogP contribution in [0, 0.1) is 0 Å². The molecule has 0 atom stereocenters. The zero-order chi connectivity index (χ0) is 11.5. The molecule has 2 rings (SSSR count). The van der Waals surface area contributed by atoms with Crippen LogP contribution in [-0.4, -0.2) is 12.6 Å². The second kappa shape index (κ2) is 5.52. The van der Waals surface area contributed by atoms with Gasteiger partial charge in [-0.15, -0.1) is 0 Å². The molecule has 0 aromatic heterocycles. The SMILES string of the molecule is CCCNC1CC(c2ccc(Br)cc2Cl)C1. The van der Waals surface area contributed by atoms with Gasteiger partial charge in [0.15, 0.2) is 0 Å². The smallest absolute Gasteiger partial charge is 0.0452 e. The highest BCUT2D eigenvalue weighted by Crippen LogP contribution is 2.40. The molecule has 0 amide bonds. The number of hydrogen-bond donors (Lipinski definition) is 1. The zero-order valence-electron chi connectivity index (χ0n) is 9.47. The molecule has 3 heteroatoms. The fourth-order valence-electron chi connectivity index (χ4n) is 2.22. The Morgan fingerprint density at radius 2 is 2.19 bits per heavy atom. The van der Waals surface area contributed by atoms with E-state index >= 15 is 0 Å². The van der Waals surface area contributed by atoms with Crippen LogP contribution in [-0.2, 0) is 0 Å². The highest BCUT2D eigenvalue weighted by molar-refractivity contribution is 9.10. The molecule has 1 fully saturated rings. The van der Waals surface area contributed by atoms with Gasteiger partial charge in [0.05, 0.1) is 0 Å². The molecule has 0 aliphatic heterocycles. The summed E-state index contributed by atoms with van der Waals surface area (Å²) in [6.45, 7) is 3.33. The summed E-state index contributed by atoms with van der Waals surface area (Å²) >= 11 is 9.67. The number of rotatable bonds is 4. The highest BCUT2D eigenvalue weighted by atomic mass is 79.9. The van der Waals surface area contributed by atoms with E-state index in [4.69, 9.17) is 11.6 Å². The van der Waals surface area contributed by atoms with Gasteiger partial charge in [-0.25, -0.2) is 0 Å². The Hall–Kier alpha value is -0.0500. The van der Waals surface area contributed by atoms with Gasteiger partial charge in [0.25, 0.3) is 0 Å². The minimum atomic E-state index is 0.648. The van der Waals surface area contributed by atoms with Gasteiger partial charge in [0, 0.05) is 15.5 Å². The molecule has 1 N–H and O–H groups in total. The molecule has 0 unspecified atom stereocenters. The maximum absolute atomic E-state index is 6.24. The van der Waals surface area contributed by atoms with Crippen molar-refractivity contribution in [1.82, 2.24) is 5.32 Å². The van der Waals surface area contributed by atoms with E-state index < -0.39 is 0 Å². The Bertz CT molecular complexity index is 361. The van der Waals surface area contributed by atoms with Crippen LogP contribution in [0.4, 0.5) is 0 Å². The Morgan fingerprint density at radius 1 is 1.44 bits per heavy atom. The van der Waals surface area contributed by atoms with Crippen molar-refractivity contribution >= 4 is 27.5 Å². The lowest BCUT2D eigenvalue weighted by molar-refractivity contribution is 0.292. The van der Waals surface area contributed by atoms with E-state index in [0.717, 1.165) is 16.0 Å². The van der Waals surface area contributed by atoms with Crippen LogP contribution in [0.1, 0.15) is 37.7 Å². The average Bonchev–Trinajstić information content (AvgIpc) is 2.18. The van der Waals surface area contributed by atoms with Crippen molar-refractivity contribution in [2.75, 3.05) is 6.54 Å². The molecule has 88 valence electrons. The summed E-state index contributed by atoms with van der Waals surface area (Å²) in [6, 6.07) is 6.91. The normalized spacial score (nSPS) is 24.2. The molecule has 0 radical (unpaired) electrons. The molecule has 0 saturated heterocycles. The molecule has 0 bridgehead atoms. The average molecular weight is 303 g/mol. The van der Waals surface area contributed by atoms with Gasteiger partial charge < -0.3 is 5.32 Å². The summed E-state index contributed by atoms with van der Waals surface area (Å²) in [5.74, 6) is 0.648. The van der Waals surface area contributed by atoms with E-state index in [-0.39, 0.29) is 0 Å². The first-order valence-corrected chi connectivity index (χ1v) is 7.06. The lowest BCUT2D eigenvalue weighted by Crippen LogP contribution is -2.40. The van der Waals surface area contributed by atoms with E-state index in [2.05, 4.69) is 40.3 Å². The Morgan fingerprint density at radius 3 is 2.81 bits per heavy atom. The van der Waals surface area contributed by atoms with Crippen LogP contribution in [0.5, 0.6) is 0 Å². The van der Waals surface area contributed by atoms with E-state index in [1.807, 2.05) is 6.07 Å². The zero-order valence-corrected chi connectivity index (χ0v) is 11.8. The molecule has 16 heavy (non-hydrogen) atoms. The van der Waals surface area contributed by atoms with Gasteiger partial charge in [0.1, 0.15) is 0 Å². The van der Waals surface area contributed by atoms with Gasteiger partial charge in [-0.05, 0) is 49.4 Å². The van der Waals surface area contributed by atoms with Crippen molar-refractivity contribution in [3.8, 4) is 0 Å². The van der Waals surface area contributed by atoms with Crippen LogP contribution >= 0.6 is 27.5 Å². The third kappa shape index (κ3) is 2.79. The summed E-state index contributed by atoms with van der Waals surface area (Å²) in [7, 11) is 0. The lowest BCUT2D eigenvalue weighted by Gasteiger charge is -2.36. The van der Waals surface area contributed by atoms with Crippen molar-refractivity contribution in [3.63, 3.8) is 0 Å². The molecule has 0 heterocycles. The molecular formula is C13H17BrClN. The third-order valence-corrected chi connectivity index (χ3v) is 4.04. The molecule has 1 aliphatic rings. The van der Waals surface area contributed by atoms with Crippen molar-refractivity contribution < 1.29 is 0 Å². The predicted octanol–water partition coefficient (Wildman–Crippen LogP) is 4.35. The first kappa shape index (κ1) is 12.4.